The molecule has 0 radical (unpaired) electrons. The minimum absolute atomic E-state index is 0.206. The lowest BCUT2D eigenvalue weighted by molar-refractivity contribution is 0.102. The van der Waals surface area contributed by atoms with Gasteiger partial charge in [-0.2, -0.15) is 9.61 Å². The molecule has 0 atom stereocenters. The molecule has 0 aliphatic carbocycles. The van der Waals surface area contributed by atoms with Crippen molar-refractivity contribution in [2.75, 3.05) is 5.32 Å². The maximum atomic E-state index is 12.7. The maximum absolute atomic E-state index is 12.7. The second kappa shape index (κ2) is 8.60. The highest BCUT2D eigenvalue weighted by molar-refractivity contribution is 6.03. The lowest BCUT2D eigenvalue weighted by Crippen LogP contribution is -2.14. The van der Waals surface area contributed by atoms with Crippen molar-refractivity contribution in [3.63, 3.8) is 0 Å². The number of rotatable bonds is 6. The van der Waals surface area contributed by atoms with Crippen LogP contribution in [-0.2, 0) is 6.61 Å². The van der Waals surface area contributed by atoms with Crippen LogP contribution in [0.15, 0.2) is 85.5 Å². The predicted octanol–water partition coefficient (Wildman–Crippen LogP) is 3.41. The summed E-state index contributed by atoms with van der Waals surface area (Å²) in [6.07, 6.45) is 2.85. The van der Waals surface area contributed by atoms with Gasteiger partial charge < -0.3 is 10.1 Å². The van der Waals surface area contributed by atoms with Crippen LogP contribution in [0.25, 0.3) is 16.9 Å². The van der Waals surface area contributed by atoms with Crippen molar-refractivity contribution in [1.82, 2.24) is 29.8 Å². The van der Waals surface area contributed by atoms with Crippen LogP contribution >= 0.6 is 0 Å². The van der Waals surface area contributed by atoms with Crippen molar-refractivity contribution in [2.45, 2.75) is 6.61 Å². The van der Waals surface area contributed by atoms with E-state index in [9.17, 15) is 4.79 Å². The highest BCUT2D eigenvalue weighted by Gasteiger charge is 2.11. The van der Waals surface area contributed by atoms with Gasteiger partial charge in [0.1, 0.15) is 25.0 Å². The molecule has 9 heteroatoms. The molecule has 3 heterocycles. The fraction of sp³-hybridized carbons (Fsp3) is 0.0435. The van der Waals surface area contributed by atoms with Gasteiger partial charge in [-0.1, -0.05) is 42.5 Å². The number of nitrogens with zero attached hydrogens (tertiary/aromatic N) is 6. The van der Waals surface area contributed by atoms with Gasteiger partial charge >= 0.3 is 0 Å². The lowest BCUT2D eigenvalue weighted by Gasteiger charge is -2.09. The first kappa shape index (κ1) is 19.3. The Hall–Kier alpha value is -4.66. The third kappa shape index (κ3) is 4.26. The third-order valence-corrected chi connectivity index (χ3v) is 4.68. The largest absolute Gasteiger partial charge is 0.473 e. The van der Waals surface area contributed by atoms with Gasteiger partial charge in [0, 0.05) is 17.3 Å². The Morgan fingerprint density at radius 3 is 2.78 bits per heavy atom. The number of amides is 1. The second-order valence-corrected chi connectivity index (χ2v) is 6.90. The van der Waals surface area contributed by atoms with Crippen molar-refractivity contribution >= 4 is 17.2 Å². The average Bonchev–Trinajstić information content (AvgIpc) is 3.32. The first-order valence-electron chi connectivity index (χ1n) is 9.82. The summed E-state index contributed by atoms with van der Waals surface area (Å²) in [6, 6.07) is 22.3. The van der Waals surface area contributed by atoms with E-state index < -0.39 is 0 Å². The van der Waals surface area contributed by atoms with E-state index in [0.29, 0.717) is 23.8 Å². The van der Waals surface area contributed by atoms with E-state index in [2.05, 4.69) is 30.6 Å². The highest BCUT2D eigenvalue weighted by Crippen LogP contribution is 2.21. The maximum Gasteiger partial charge on any atom is 0.274 e. The predicted molar refractivity (Wildman–Crippen MR) is 117 cm³/mol. The molecule has 2 aromatic carbocycles. The third-order valence-electron chi connectivity index (χ3n) is 4.68. The van der Waals surface area contributed by atoms with Crippen molar-refractivity contribution in [3.05, 3.63) is 96.7 Å². The number of aromatic nitrogens is 6. The Balaban J connectivity index is 1.30. The summed E-state index contributed by atoms with van der Waals surface area (Å²) in [5.41, 5.74) is 4.06. The van der Waals surface area contributed by atoms with Crippen LogP contribution < -0.4 is 10.1 Å². The summed E-state index contributed by atoms with van der Waals surface area (Å²) in [5.74, 6) is -0.0365. The van der Waals surface area contributed by atoms with E-state index in [4.69, 9.17) is 4.74 Å². The van der Waals surface area contributed by atoms with E-state index in [0.717, 1.165) is 16.8 Å². The van der Waals surface area contributed by atoms with Crippen LogP contribution in [0.4, 0.5) is 5.69 Å². The summed E-state index contributed by atoms with van der Waals surface area (Å²) in [5, 5.41) is 15.1. The summed E-state index contributed by atoms with van der Waals surface area (Å²) in [6.45, 7) is 0.352. The van der Waals surface area contributed by atoms with Crippen LogP contribution in [0, 0.1) is 0 Å². The quantitative estimate of drug-likeness (QED) is 0.446. The fourth-order valence-electron chi connectivity index (χ4n) is 3.11. The van der Waals surface area contributed by atoms with Crippen molar-refractivity contribution in [3.8, 4) is 17.1 Å². The van der Waals surface area contributed by atoms with Crippen molar-refractivity contribution in [2.24, 2.45) is 0 Å². The number of hydrogen-bond donors (Lipinski definition) is 1. The Labute approximate surface area is 182 Å². The first-order chi connectivity index (χ1) is 15.7. The number of fused-ring (bicyclic) bond motifs is 1. The van der Waals surface area contributed by atoms with Crippen LogP contribution in [0.5, 0.6) is 5.88 Å². The number of nitrogens with one attached hydrogen (secondary N) is 1. The van der Waals surface area contributed by atoms with E-state index in [-0.39, 0.29) is 11.6 Å². The van der Waals surface area contributed by atoms with Crippen molar-refractivity contribution < 1.29 is 9.53 Å². The van der Waals surface area contributed by atoms with Crippen LogP contribution in [0.2, 0.25) is 0 Å². The molecule has 5 rings (SSSR count). The van der Waals surface area contributed by atoms with Crippen molar-refractivity contribution in [1.29, 1.82) is 0 Å². The van der Waals surface area contributed by atoms with Crippen LogP contribution in [0.3, 0.4) is 0 Å². The lowest BCUT2D eigenvalue weighted by atomic mass is 10.1. The molecule has 0 fully saturated rings. The normalized spacial score (nSPS) is 10.8. The highest BCUT2D eigenvalue weighted by atomic mass is 16.5. The van der Waals surface area contributed by atoms with E-state index in [1.54, 1.807) is 10.6 Å². The van der Waals surface area contributed by atoms with Gasteiger partial charge in [0.05, 0.1) is 5.69 Å². The Kier molecular flexibility index (Phi) is 5.19. The molecule has 0 saturated heterocycles. The Morgan fingerprint density at radius 1 is 0.969 bits per heavy atom. The Morgan fingerprint density at radius 2 is 1.88 bits per heavy atom. The molecule has 0 aliphatic rings. The molecule has 0 unspecified atom stereocenters. The molecule has 0 spiro atoms. The molecule has 3 aromatic heterocycles. The van der Waals surface area contributed by atoms with E-state index in [1.807, 2.05) is 60.7 Å². The van der Waals surface area contributed by atoms with Gasteiger partial charge in [-0.05, 0) is 29.8 Å². The van der Waals surface area contributed by atoms with Gasteiger partial charge in [0.15, 0.2) is 5.65 Å². The van der Waals surface area contributed by atoms with E-state index in [1.165, 1.54) is 18.7 Å². The molecule has 0 bridgehead atoms. The molecule has 0 saturated carbocycles. The Bertz CT molecular complexity index is 1390. The zero-order valence-corrected chi connectivity index (χ0v) is 16.8. The molecule has 1 amide bonds. The average molecular weight is 423 g/mol. The topological polar surface area (TPSA) is 107 Å². The number of benzene rings is 2. The van der Waals surface area contributed by atoms with Crippen LogP contribution in [0.1, 0.15) is 16.1 Å². The van der Waals surface area contributed by atoms with Gasteiger partial charge in [0.25, 0.3) is 5.91 Å². The summed E-state index contributed by atoms with van der Waals surface area (Å²) < 4.78 is 7.28. The van der Waals surface area contributed by atoms with Gasteiger partial charge in [-0.3, -0.25) is 4.79 Å². The van der Waals surface area contributed by atoms with Gasteiger partial charge in [0.2, 0.25) is 5.88 Å². The standard InChI is InChI=1S/C23H17N7O2/c31-23(20-12-22(25-14-24-20)32-13-16-5-2-1-3-6-16)27-18-8-4-7-17(11-18)19-9-10-21-28-26-15-30(21)29-19/h1-12,14-15H,13H2,(H,27,31). The minimum atomic E-state index is -0.365. The molecule has 32 heavy (non-hydrogen) atoms. The number of carbonyl (C=O) groups excluding carboxylic acids is 1. The summed E-state index contributed by atoms with van der Waals surface area (Å²) in [7, 11) is 0. The summed E-state index contributed by atoms with van der Waals surface area (Å²) in [4.78, 5) is 20.9. The molecule has 156 valence electrons. The van der Waals surface area contributed by atoms with Gasteiger partial charge in [-0.25, -0.2) is 9.97 Å². The zero-order valence-electron chi connectivity index (χ0n) is 16.8. The minimum Gasteiger partial charge on any atom is -0.473 e. The monoisotopic (exact) mass is 423 g/mol. The SMILES string of the molecule is O=C(Nc1cccc(-c2ccc3nncn3n2)c1)c1cc(OCc2ccccc2)ncn1. The first-order valence-corrected chi connectivity index (χ1v) is 9.82. The molecule has 9 nitrogen and oxygen atoms in total. The fourth-order valence-corrected chi connectivity index (χ4v) is 3.11. The smallest absolute Gasteiger partial charge is 0.274 e. The molecular formula is C23H17N7O2. The van der Waals surface area contributed by atoms with Gasteiger partial charge in [-0.15, -0.1) is 10.2 Å². The molecule has 0 aliphatic heterocycles. The zero-order chi connectivity index (χ0) is 21.8. The summed E-state index contributed by atoms with van der Waals surface area (Å²) >= 11 is 0. The second-order valence-electron chi connectivity index (χ2n) is 6.90. The number of anilines is 1. The van der Waals surface area contributed by atoms with E-state index >= 15 is 0 Å². The number of carbonyl (C=O) groups is 1. The van der Waals surface area contributed by atoms with Crippen LogP contribution in [-0.4, -0.2) is 35.7 Å². The number of hydrogen-bond acceptors (Lipinski definition) is 7. The number of ether oxygens (including phenoxy) is 1. The molecule has 1 N–H and O–H groups in total. The molecular weight excluding hydrogens is 406 g/mol. The molecule has 5 aromatic rings.